The number of hydrogen-bond acceptors (Lipinski definition) is 4. The molecule has 0 aromatic heterocycles. The predicted octanol–water partition coefficient (Wildman–Crippen LogP) is 2.25. The van der Waals surface area contributed by atoms with Gasteiger partial charge in [0.05, 0.1) is 22.5 Å². The molecule has 6 nitrogen and oxygen atoms in total. The minimum atomic E-state index is -0.356. The standard InChI is InChI=1S/C18H13N3O3/c1-11-19-10-16(22)20(11)12-5-4-6-13(9-12)21-17(23)14-7-2-3-8-15(14)18(21)24/h2-9H,10H2,1H3. The van der Waals surface area contributed by atoms with E-state index in [4.69, 9.17) is 0 Å². The van der Waals surface area contributed by atoms with Crippen LogP contribution in [-0.2, 0) is 4.79 Å². The Morgan fingerprint density at radius 1 is 0.833 bits per heavy atom. The molecule has 0 N–H and O–H groups in total. The maximum atomic E-state index is 12.6. The third kappa shape index (κ3) is 1.96. The highest BCUT2D eigenvalue weighted by molar-refractivity contribution is 6.34. The minimum Gasteiger partial charge on any atom is -0.272 e. The maximum absolute atomic E-state index is 12.6. The van der Waals surface area contributed by atoms with Gasteiger partial charge in [-0.05, 0) is 37.3 Å². The van der Waals surface area contributed by atoms with E-state index in [1.807, 2.05) is 0 Å². The monoisotopic (exact) mass is 319 g/mol. The quantitative estimate of drug-likeness (QED) is 0.797. The Bertz CT molecular complexity index is 898. The number of hydrogen-bond donors (Lipinski definition) is 0. The zero-order chi connectivity index (χ0) is 16.8. The molecule has 0 spiro atoms. The van der Waals surface area contributed by atoms with E-state index in [2.05, 4.69) is 4.99 Å². The Hall–Kier alpha value is -3.28. The molecule has 24 heavy (non-hydrogen) atoms. The Labute approximate surface area is 138 Å². The largest absolute Gasteiger partial charge is 0.272 e. The van der Waals surface area contributed by atoms with Gasteiger partial charge in [0.1, 0.15) is 12.4 Å². The molecule has 0 bridgehead atoms. The number of nitrogens with zero attached hydrogens (tertiary/aromatic N) is 3. The van der Waals surface area contributed by atoms with E-state index in [9.17, 15) is 14.4 Å². The molecule has 2 aliphatic heterocycles. The van der Waals surface area contributed by atoms with Crippen LogP contribution in [-0.4, -0.2) is 30.1 Å². The number of imide groups is 1. The van der Waals surface area contributed by atoms with Crippen molar-refractivity contribution in [2.75, 3.05) is 16.3 Å². The van der Waals surface area contributed by atoms with Gasteiger partial charge in [-0.15, -0.1) is 0 Å². The highest BCUT2D eigenvalue weighted by Gasteiger charge is 2.36. The normalized spacial score (nSPS) is 16.7. The molecule has 2 heterocycles. The van der Waals surface area contributed by atoms with Crippen LogP contribution < -0.4 is 9.80 Å². The summed E-state index contributed by atoms with van der Waals surface area (Å²) in [6.07, 6.45) is 0. The molecule has 0 saturated heterocycles. The van der Waals surface area contributed by atoms with Crippen LogP contribution in [0.3, 0.4) is 0 Å². The molecule has 2 aliphatic rings. The number of rotatable bonds is 2. The number of carbonyl (C=O) groups is 3. The van der Waals surface area contributed by atoms with Crippen molar-refractivity contribution >= 4 is 34.9 Å². The first kappa shape index (κ1) is 14.3. The molecular formula is C18H13N3O3. The molecule has 0 atom stereocenters. The molecule has 0 fully saturated rings. The van der Waals surface area contributed by atoms with Gasteiger partial charge in [-0.2, -0.15) is 0 Å². The molecule has 6 heteroatoms. The Morgan fingerprint density at radius 2 is 1.42 bits per heavy atom. The van der Waals surface area contributed by atoms with E-state index < -0.39 is 0 Å². The van der Waals surface area contributed by atoms with E-state index in [0.29, 0.717) is 28.3 Å². The molecule has 0 aliphatic carbocycles. The summed E-state index contributed by atoms with van der Waals surface area (Å²) in [5.41, 5.74) is 1.81. The van der Waals surface area contributed by atoms with Crippen LogP contribution in [0.25, 0.3) is 0 Å². The molecule has 118 valence electrons. The Balaban J connectivity index is 1.76. The highest BCUT2D eigenvalue weighted by atomic mass is 16.2. The lowest BCUT2D eigenvalue weighted by Crippen LogP contribution is -2.32. The number of aliphatic imine (C=N–C) groups is 1. The number of carbonyl (C=O) groups excluding carboxylic acids is 3. The first-order valence-electron chi connectivity index (χ1n) is 7.50. The zero-order valence-electron chi connectivity index (χ0n) is 12.9. The van der Waals surface area contributed by atoms with Crippen molar-refractivity contribution in [1.82, 2.24) is 0 Å². The first-order valence-corrected chi connectivity index (χ1v) is 7.50. The van der Waals surface area contributed by atoms with Crippen molar-refractivity contribution < 1.29 is 14.4 Å². The Kier molecular flexibility index (Phi) is 3.06. The lowest BCUT2D eigenvalue weighted by atomic mass is 10.1. The second-order valence-electron chi connectivity index (χ2n) is 5.60. The van der Waals surface area contributed by atoms with Gasteiger partial charge in [-0.25, -0.2) is 4.90 Å². The van der Waals surface area contributed by atoms with Crippen molar-refractivity contribution in [2.45, 2.75) is 6.92 Å². The van der Waals surface area contributed by atoms with Gasteiger partial charge in [0.25, 0.3) is 17.7 Å². The fraction of sp³-hybridized carbons (Fsp3) is 0.111. The number of amidine groups is 1. The van der Waals surface area contributed by atoms with Crippen molar-refractivity contribution in [3.05, 3.63) is 59.7 Å². The van der Waals surface area contributed by atoms with Crippen molar-refractivity contribution in [3.63, 3.8) is 0 Å². The van der Waals surface area contributed by atoms with E-state index in [0.717, 1.165) is 4.90 Å². The summed E-state index contributed by atoms with van der Waals surface area (Å²) in [4.78, 5) is 43.9. The average Bonchev–Trinajstić information content (AvgIpc) is 3.05. The number of anilines is 2. The number of amides is 3. The summed E-state index contributed by atoms with van der Waals surface area (Å²) >= 11 is 0. The first-order chi connectivity index (χ1) is 11.6. The van der Waals surface area contributed by atoms with Crippen LogP contribution >= 0.6 is 0 Å². The lowest BCUT2D eigenvalue weighted by Gasteiger charge is -2.19. The van der Waals surface area contributed by atoms with Crippen LogP contribution in [0.15, 0.2) is 53.5 Å². The molecule has 0 radical (unpaired) electrons. The van der Waals surface area contributed by atoms with Crippen LogP contribution in [0, 0.1) is 0 Å². The fourth-order valence-corrected chi connectivity index (χ4v) is 3.03. The van der Waals surface area contributed by atoms with Gasteiger partial charge in [0, 0.05) is 0 Å². The maximum Gasteiger partial charge on any atom is 0.266 e. The van der Waals surface area contributed by atoms with Gasteiger partial charge in [-0.3, -0.25) is 24.3 Å². The minimum absolute atomic E-state index is 0.114. The smallest absolute Gasteiger partial charge is 0.266 e. The van der Waals surface area contributed by atoms with Crippen LogP contribution in [0.5, 0.6) is 0 Å². The number of fused-ring (bicyclic) bond motifs is 1. The predicted molar refractivity (Wildman–Crippen MR) is 89.5 cm³/mol. The molecule has 0 saturated carbocycles. The van der Waals surface area contributed by atoms with Crippen LogP contribution in [0.4, 0.5) is 11.4 Å². The van der Waals surface area contributed by atoms with E-state index >= 15 is 0 Å². The van der Waals surface area contributed by atoms with E-state index in [1.54, 1.807) is 55.5 Å². The third-order valence-corrected chi connectivity index (χ3v) is 4.16. The van der Waals surface area contributed by atoms with Crippen LogP contribution in [0.1, 0.15) is 27.6 Å². The fourth-order valence-electron chi connectivity index (χ4n) is 3.03. The molecule has 3 amide bonds. The van der Waals surface area contributed by atoms with Gasteiger partial charge >= 0.3 is 0 Å². The summed E-state index contributed by atoms with van der Waals surface area (Å²) in [7, 11) is 0. The van der Waals surface area contributed by atoms with E-state index in [1.165, 1.54) is 4.90 Å². The topological polar surface area (TPSA) is 70.1 Å². The second kappa shape index (κ2) is 5.13. The summed E-state index contributed by atoms with van der Waals surface area (Å²) in [5.74, 6) is -0.247. The third-order valence-electron chi connectivity index (χ3n) is 4.16. The van der Waals surface area contributed by atoms with Crippen molar-refractivity contribution in [2.24, 2.45) is 4.99 Å². The van der Waals surface area contributed by atoms with Gasteiger partial charge in [-0.1, -0.05) is 18.2 Å². The zero-order valence-corrected chi connectivity index (χ0v) is 12.9. The van der Waals surface area contributed by atoms with E-state index in [-0.39, 0.29) is 24.3 Å². The molecule has 2 aromatic carbocycles. The Morgan fingerprint density at radius 3 is 1.96 bits per heavy atom. The highest BCUT2D eigenvalue weighted by Crippen LogP contribution is 2.31. The summed E-state index contributed by atoms with van der Waals surface area (Å²) < 4.78 is 0. The molecule has 4 rings (SSSR count). The SMILES string of the molecule is CC1=NCC(=O)N1c1cccc(N2C(=O)c3ccccc3C2=O)c1. The average molecular weight is 319 g/mol. The summed E-state index contributed by atoms with van der Waals surface area (Å²) in [6.45, 7) is 1.86. The van der Waals surface area contributed by atoms with Gasteiger partial charge < -0.3 is 0 Å². The van der Waals surface area contributed by atoms with Gasteiger partial charge in [0.15, 0.2) is 0 Å². The van der Waals surface area contributed by atoms with Crippen LogP contribution in [0.2, 0.25) is 0 Å². The molecule has 0 unspecified atom stereocenters. The summed E-state index contributed by atoms with van der Waals surface area (Å²) in [6, 6.07) is 13.5. The van der Waals surface area contributed by atoms with Crippen molar-refractivity contribution in [1.29, 1.82) is 0 Å². The van der Waals surface area contributed by atoms with Gasteiger partial charge in [0.2, 0.25) is 0 Å². The van der Waals surface area contributed by atoms with Crippen molar-refractivity contribution in [3.8, 4) is 0 Å². The molecular weight excluding hydrogens is 306 g/mol. The number of benzene rings is 2. The summed E-state index contributed by atoms with van der Waals surface area (Å²) in [5, 5.41) is 0. The lowest BCUT2D eigenvalue weighted by molar-refractivity contribution is -0.115. The second-order valence-corrected chi connectivity index (χ2v) is 5.60. The molecule has 2 aromatic rings.